The Morgan fingerprint density at radius 1 is 1.20 bits per heavy atom. The molecule has 0 bridgehead atoms. The van der Waals surface area contributed by atoms with Crippen molar-refractivity contribution >= 4 is 0 Å². The highest BCUT2D eigenvalue weighted by Crippen LogP contribution is 2.09. The Morgan fingerprint density at radius 2 is 1.87 bits per heavy atom. The highest BCUT2D eigenvalue weighted by molar-refractivity contribution is 5.26. The van der Waals surface area contributed by atoms with Gasteiger partial charge in [-0.15, -0.1) is 0 Å². The molecule has 0 fully saturated rings. The summed E-state index contributed by atoms with van der Waals surface area (Å²) in [6.45, 7) is 5.32. The Morgan fingerprint density at radius 3 is 2.40 bits per heavy atom. The van der Waals surface area contributed by atoms with Gasteiger partial charge in [0.05, 0.1) is 6.61 Å². The molecule has 1 atom stereocenters. The van der Waals surface area contributed by atoms with Gasteiger partial charge in [0.15, 0.2) is 0 Å². The molecule has 1 aromatic rings. The minimum atomic E-state index is 0.213. The lowest BCUT2D eigenvalue weighted by molar-refractivity contribution is 0.238. The van der Waals surface area contributed by atoms with Crippen molar-refractivity contribution < 1.29 is 5.11 Å². The quantitative estimate of drug-likeness (QED) is 0.749. The molecule has 0 aliphatic rings. The van der Waals surface area contributed by atoms with Crippen molar-refractivity contribution in [1.82, 2.24) is 5.32 Å². The first kappa shape index (κ1) is 12.2. The smallest absolute Gasteiger partial charge is 0.0584 e. The summed E-state index contributed by atoms with van der Waals surface area (Å²) in [5.41, 5.74) is 2.73. The molecular weight excluding hydrogens is 186 g/mol. The number of aliphatic hydroxyl groups is 1. The Bertz CT molecular complexity index is 282. The van der Waals surface area contributed by atoms with Crippen molar-refractivity contribution in [3.8, 4) is 0 Å². The number of hydrogen-bond acceptors (Lipinski definition) is 2. The van der Waals surface area contributed by atoms with Gasteiger partial charge in [0, 0.05) is 12.6 Å². The molecule has 0 spiro atoms. The zero-order valence-corrected chi connectivity index (χ0v) is 9.66. The topological polar surface area (TPSA) is 32.3 Å². The maximum Gasteiger partial charge on any atom is 0.0584 e. The van der Waals surface area contributed by atoms with Gasteiger partial charge in [-0.2, -0.15) is 0 Å². The van der Waals surface area contributed by atoms with Crippen molar-refractivity contribution in [2.24, 2.45) is 0 Å². The van der Waals surface area contributed by atoms with E-state index in [1.807, 2.05) is 0 Å². The van der Waals surface area contributed by atoms with Crippen molar-refractivity contribution in [1.29, 1.82) is 0 Å². The normalized spacial score (nSPS) is 12.7. The fourth-order valence-electron chi connectivity index (χ4n) is 1.67. The lowest BCUT2D eigenvalue weighted by atomic mass is 10.1. The average molecular weight is 207 g/mol. The van der Waals surface area contributed by atoms with E-state index < -0.39 is 0 Å². The summed E-state index contributed by atoms with van der Waals surface area (Å²) in [5, 5.41) is 12.4. The van der Waals surface area contributed by atoms with E-state index in [9.17, 15) is 0 Å². The van der Waals surface area contributed by atoms with Crippen LogP contribution in [0.2, 0.25) is 0 Å². The molecule has 2 heteroatoms. The van der Waals surface area contributed by atoms with E-state index in [4.69, 9.17) is 5.11 Å². The number of aryl methyl sites for hydroxylation is 1. The zero-order chi connectivity index (χ0) is 11.1. The van der Waals surface area contributed by atoms with Gasteiger partial charge in [0.2, 0.25) is 0 Å². The van der Waals surface area contributed by atoms with Crippen molar-refractivity contribution in [2.45, 2.75) is 39.3 Å². The molecule has 84 valence electrons. The molecule has 2 nitrogen and oxygen atoms in total. The number of nitrogens with one attached hydrogen (secondary N) is 1. The van der Waals surface area contributed by atoms with Crippen LogP contribution in [0.3, 0.4) is 0 Å². The van der Waals surface area contributed by atoms with E-state index in [1.165, 1.54) is 11.1 Å². The minimum Gasteiger partial charge on any atom is -0.395 e. The fraction of sp³-hybridized carbons (Fsp3) is 0.538. The van der Waals surface area contributed by atoms with Gasteiger partial charge in [-0.25, -0.2) is 0 Å². The second-order valence-electron chi connectivity index (χ2n) is 3.79. The molecule has 0 saturated carbocycles. The van der Waals surface area contributed by atoms with Crippen molar-refractivity contribution in [2.75, 3.05) is 6.61 Å². The summed E-state index contributed by atoms with van der Waals surface area (Å²) in [6, 6.07) is 8.67. The van der Waals surface area contributed by atoms with Gasteiger partial charge in [0.25, 0.3) is 0 Å². The maximum absolute atomic E-state index is 9.07. The van der Waals surface area contributed by atoms with Gasteiger partial charge in [0.1, 0.15) is 0 Å². The molecule has 0 aliphatic carbocycles. The SMILES string of the molecule is CCc1ccccc1CN[C@H](CC)CO. The third-order valence-electron chi connectivity index (χ3n) is 2.79. The molecule has 0 aromatic heterocycles. The van der Waals surface area contributed by atoms with Crippen molar-refractivity contribution in [3.05, 3.63) is 35.4 Å². The molecule has 1 aromatic carbocycles. The number of aliphatic hydroxyl groups excluding tert-OH is 1. The molecule has 0 amide bonds. The predicted octanol–water partition coefficient (Wildman–Crippen LogP) is 2.11. The number of rotatable bonds is 6. The lowest BCUT2D eigenvalue weighted by Crippen LogP contribution is -2.31. The third kappa shape index (κ3) is 3.65. The van der Waals surface area contributed by atoms with Crippen LogP contribution in [0.15, 0.2) is 24.3 Å². The number of hydrogen-bond donors (Lipinski definition) is 2. The summed E-state index contributed by atoms with van der Waals surface area (Å²) in [4.78, 5) is 0. The summed E-state index contributed by atoms with van der Waals surface area (Å²) >= 11 is 0. The molecule has 0 radical (unpaired) electrons. The van der Waals surface area contributed by atoms with E-state index >= 15 is 0 Å². The first-order valence-corrected chi connectivity index (χ1v) is 5.72. The highest BCUT2D eigenvalue weighted by Gasteiger charge is 2.04. The second kappa shape index (κ2) is 6.59. The van der Waals surface area contributed by atoms with Crippen LogP contribution in [0.5, 0.6) is 0 Å². The van der Waals surface area contributed by atoms with Crippen LogP contribution in [0.1, 0.15) is 31.4 Å². The second-order valence-corrected chi connectivity index (χ2v) is 3.79. The van der Waals surface area contributed by atoms with E-state index in [-0.39, 0.29) is 12.6 Å². The standard InChI is InChI=1S/C13H21NO/c1-3-11-7-5-6-8-12(11)9-14-13(4-2)10-15/h5-8,13-15H,3-4,9-10H2,1-2H3/t13-/m1/s1. The largest absolute Gasteiger partial charge is 0.395 e. The van der Waals surface area contributed by atoms with Crippen LogP contribution >= 0.6 is 0 Å². The first-order chi connectivity index (χ1) is 7.31. The summed E-state index contributed by atoms with van der Waals surface area (Å²) in [6.07, 6.45) is 2.03. The highest BCUT2D eigenvalue weighted by atomic mass is 16.3. The fourth-order valence-corrected chi connectivity index (χ4v) is 1.67. The Kier molecular flexibility index (Phi) is 5.37. The molecule has 15 heavy (non-hydrogen) atoms. The summed E-state index contributed by atoms with van der Waals surface area (Å²) in [5.74, 6) is 0. The molecular formula is C13H21NO. The predicted molar refractivity (Wildman–Crippen MR) is 63.8 cm³/mol. The Balaban J connectivity index is 2.56. The van der Waals surface area contributed by atoms with Crippen LogP contribution in [0.25, 0.3) is 0 Å². The summed E-state index contributed by atoms with van der Waals surface area (Å²) < 4.78 is 0. The average Bonchev–Trinajstić information content (AvgIpc) is 2.31. The van der Waals surface area contributed by atoms with Crippen molar-refractivity contribution in [3.63, 3.8) is 0 Å². The van der Waals surface area contributed by atoms with Gasteiger partial charge >= 0.3 is 0 Å². The van der Waals surface area contributed by atoms with Crippen LogP contribution in [-0.2, 0) is 13.0 Å². The Hall–Kier alpha value is -0.860. The van der Waals surface area contributed by atoms with Gasteiger partial charge in [-0.1, -0.05) is 38.1 Å². The van der Waals surface area contributed by atoms with Crippen LogP contribution in [0, 0.1) is 0 Å². The van der Waals surface area contributed by atoms with Gasteiger partial charge in [-0.3, -0.25) is 0 Å². The Labute approximate surface area is 92.3 Å². The summed E-state index contributed by atoms with van der Waals surface area (Å²) in [7, 11) is 0. The molecule has 0 saturated heterocycles. The first-order valence-electron chi connectivity index (χ1n) is 5.72. The monoisotopic (exact) mass is 207 g/mol. The minimum absolute atomic E-state index is 0.213. The van der Waals surface area contributed by atoms with Gasteiger partial charge < -0.3 is 10.4 Å². The molecule has 0 heterocycles. The van der Waals surface area contributed by atoms with E-state index in [1.54, 1.807) is 0 Å². The zero-order valence-electron chi connectivity index (χ0n) is 9.66. The van der Waals surface area contributed by atoms with Crippen LogP contribution < -0.4 is 5.32 Å². The molecule has 2 N–H and O–H groups in total. The number of benzene rings is 1. The van der Waals surface area contributed by atoms with E-state index in [0.29, 0.717) is 0 Å². The lowest BCUT2D eigenvalue weighted by Gasteiger charge is -2.15. The van der Waals surface area contributed by atoms with E-state index in [2.05, 4.69) is 43.4 Å². The van der Waals surface area contributed by atoms with Crippen LogP contribution in [0.4, 0.5) is 0 Å². The third-order valence-corrected chi connectivity index (χ3v) is 2.79. The molecule has 0 aliphatic heterocycles. The molecule has 1 rings (SSSR count). The van der Waals surface area contributed by atoms with Gasteiger partial charge in [-0.05, 0) is 24.0 Å². The maximum atomic E-state index is 9.07. The van der Waals surface area contributed by atoms with E-state index in [0.717, 1.165) is 19.4 Å². The van der Waals surface area contributed by atoms with Crippen LogP contribution in [-0.4, -0.2) is 17.8 Å². The molecule has 0 unspecified atom stereocenters.